The molecule has 7 heteroatoms. The Hall–Kier alpha value is -2.44. The Morgan fingerprint density at radius 2 is 2.25 bits per heavy atom. The molecule has 2 rings (SSSR count). The number of aromatic amines is 1. The van der Waals surface area contributed by atoms with Crippen molar-refractivity contribution in [2.45, 2.75) is 19.8 Å². The molecule has 0 radical (unpaired) electrons. The van der Waals surface area contributed by atoms with Crippen LogP contribution < -0.4 is 10.6 Å². The van der Waals surface area contributed by atoms with Crippen LogP contribution in [0.5, 0.6) is 0 Å². The van der Waals surface area contributed by atoms with Crippen LogP contribution in [0.25, 0.3) is 0 Å². The fraction of sp³-hybridized carbons (Fsp3) is 0.385. The van der Waals surface area contributed by atoms with E-state index in [1.165, 1.54) is 6.33 Å². The molecule has 0 aliphatic carbocycles. The summed E-state index contributed by atoms with van der Waals surface area (Å²) in [6.07, 6.45) is 4.71. The standard InChI is InChI=1S/C13H18N6O/c1-2-5-14-10-3-6-15-11(8-10)13(20)16-7-4-12-17-9-18-19-12/h3,6,8-9H,2,4-5,7H2,1H3,(H,14,15)(H,16,20)(H,17,18,19). The first-order valence-corrected chi connectivity index (χ1v) is 6.62. The van der Waals surface area contributed by atoms with Crippen molar-refractivity contribution in [3.8, 4) is 0 Å². The molecule has 0 atom stereocenters. The van der Waals surface area contributed by atoms with Crippen LogP contribution in [0.3, 0.4) is 0 Å². The first-order chi connectivity index (χ1) is 9.79. The van der Waals surface area contributed by atoms with Gasteiger partial charge in [0.05, 0.1) is 0 Å². The van der Waals surface area contributed by atoms with Crippen molar-refractivity contribution in [3.05, 3.63) is 36.2 Å². The van der Waals surface area contributed by atoms with Crippen LogP contribution in [0.4, 0.5) is 5.69 Å². The van der Waals surface area contributed by atoms with E-state index >= 15 is 0 Å². The number of nitrogens with zero attached hydrogens (tertiary/aromatic N) is 3. The number of H-pyrrole nitrogens is 1. The van der Waals surface area contributed by atoms with Crippen LogP contribution in [-0.2, 0) is 6.42 Å². The average molecular weight is 274 g/mol. The number of rotatable bonds is 7. The highest BCUT2D eigenvalue weighted by atomic mass is 16.1. The lowest BCUT2D eigenvalue weighted by Gasteiger charge is -2.07. The predicted molar refractivity (Wildman–Crippen MR) is 75.4 cm³/mol. The highest BCUT2D eigenvalue weighted by Crippen LogP contribution is 2.07. The van der Waals surface area contributed by atoms with E-state index in [1.54, 1.807) is 12.3 Å². The van der Waals surface area contributed by atoms with Crippen molar-refractivity contribution in [2.75, 3.05) is 18.4 Å². The second kappa shape index (κ2) is 7.22. The lowest BCUT2D eigenvalue weighted by atomic mass is 10.3. The molecule has 0 spiro atoms. The molecule has 0 unspecified atom stereocenters. The number of carbonyl (C=O) groups is 1. The summed E-state index contributed by atoms with van der Waals surface area (Å²) in [6, 6.07) is 3.60. The van der Waals surface area contributed by atoms with E-state index in [4.69, 9.17) is 0 Å². The van der Waals surface area contributed by atoms with Crippen LogP contribution >= 0.6 is 0 Å². The molecule has 0 aliphatic rings. The fourth-order valence-electron chi connectivity index (χ4n) is 1.67. The van der Waals surface area contributed by atoms with Crippen LogP contribution in [0.2, 0.25) is 0 Å². The van der Waals surface area contributed by atoms with Crippen LogP contribution in [0.1, 0.15) is 29.7 Å². The number of nitrogens with one attached hydrogen (secondary N) is 3. The van der Waals surface area contributed by atoms with Crippen molar-refractivity contribution >= 4 is 11.6 Å². The maximum absolute atomic E-state index is 12.0. The third kappa shape index (κ3) is 4.04. The number of anilines is 1. The molecule has 0 fully saturated rings. The maximum atomic E-state index is 12.0. The van der Waals surface area contributed by atoms with Gasteiger partial charge in [-0.1, -0.05) is 6.92 Å². The molecular weight excluding hydrogens is 256 g/mol. The van der Waals surface area contributed by atoms with Gasteiger partial charge < -0.3 is 10.6 Å². The Labute approximate surface area is 117 Å². The van der Waals surface area contributed by atoms with Gasteiger partial charge in [0, 0.05) is 31.4 Å². The summed E-state index contributed by atoms with van der Waals surface area (Å²) >= 11 is 0. The zero-order chi connectivity index (χ0) is 14.2. The van der Waals surface area contributed by atoms with E-state index in [1.807, 2.05) is 6.07 Å². The SMILES string of the molecule is CCCNc1ccnc(C(=O)NCCc2ncn[nH]2)c1. The molecule has 0 bridgehead atoms. The van der Waals surface area contributed by atoms with Crippen molar-refractivity contribution in [1.29, 1.82) is 0 Å². The fourth-order valence-corrected chi connectivity index (χ4v) is 1.67. The average Bonchev–Trinajstić information content (AvgIpc) is 2.98. The number of carbonyl (C=O) groups excluding carboxylic acids is 1. The van der Waals surface area contributed by atoms with Crippen LogP contribution in [-0.4, -0.2) is 39.2 Å². The highest BCUT2D eigenvalue weighted by Gasteiger charge is 2.07. The van der Waals surface area contributed by atoms with E-state index in [0.717, 1.165) is 24.5 Å². The number of hydrogen-bond acceptors (Lipinski definition) is 5. The van der Waals surface area contributed by atoms with Gasteiger partial charge in [-0.15, -0.1) is 0 Å². The van der Waals surface area contributed by atoms with E-state index in [0.29, 0.717) is 18.7 Å². The van der Waals surface area contributed by atoms with Gasteiger partial charge in [0.1, 0.15) is 17.8 Å². The summed E-state index contributed by atoms with van der Waals surface area (Å²) in [4.78, 5) is 20.0. The Morgan fingerprint density at radius 1 is 1.35 bits per heavy atom. The Morgan fingerprint density at radius 3 is 3.00 bits per heavy atom. The molecule has 0 saturated heterocycles. The number of hydrogen-bond donors (Lipinski definition) is 3. The van der Waals surface area contributed by atoms with Crippen molar-refractivity contribution in [2.24, 2.45) is 0 Å². The summed E-state index contributed by atoms with van der Waals surface area (Å²) in [7, 11) is 0. The van der Waals surface area contributed by atoms with Crippen LogP contribution in [0, 0.1) is 0 Å². The smallest absolute Gasteiger partial charge is 0.269 e. The van der Waals surface area contributed by atoms with Gasteiger partial charge in [0.15, 0.2) is 0 Å². The second-order valence-corrected chi connectivity index (χ2v) is 4.29. The minimum absolute atomic E-state index is 0.190. The molecule has 2 aromatic rings. The summed E-state index contributed by atoms with van der Waals surface area (Å²) in [5.41, 5.74) is 1.31. The predicted octanol–water partition coefficient (Wildman–Crippen LogP) is 0.994. The van der Waals surface area contributed by atoms with Gasteiger partial charge in [-0.3, -0.25) is 14.9 Å². The van der Waals surface area contributed by atoms with Gasteiger partial charge in [-0.2, -0.15) is 5.10 Å². The maximum Gasteiger partial charge on any atom is 0.269 e. The van der Waals surface area contributed by atoms with Gasteiger partial charge in [-0.25, -0.2) is 4.98 Å². The molecule has 0 saturated carbocycles. The quantitative estimate of drug-likeness (QED) is 0.700. The highest BCUT2D eigenvalue weighted by molar-refractivity contribution is 5.93. The molecule has 3 N–H and O–H groups in total. The summed E-state index contributed by atoms with van der Waals surface area (Å²) < 4.78 is 0. The van der Waals surface area contributed by atoms with Crippen molar-refractivity contribution in [3.63, 3.8) is 0 Å². The topological polar surface area (TPSA) is 95.6 Å². The molecular formula is C13H18N6O. The van der Waals surface area contributed by atoms with Crippen molar-refractivity contribution in [1.82, 2.24) is 25.5 Å². The number of pyridine rings is 1. The molecule has 2 aromatic heterocycles. The molecule has 20 heavy (non-hydrogen) atoms. The Bertz CT molecular complexity index is 540. The van der Waals surface area contributed by atoms with E-state index in [2.05, 4.69) is 37.7 Å². The Kier molecular flexibility index (Phi) is 5.05. The van der Waals surface area contributed by atoms with Gasteiger partial charge >= 0.3 is 0 Å². The van der Waals surface area contributed by atoms with Gasteiger partial charge in [0.2, 0.25) is 0 Å². The molecule has 2 heterocycles. The lowest BCUT2D eigenvalue weighted by Crippen LogP contribution is -2.26. The third-order valence-corrected chi connectivity index (χ3v) is 2.68. The number of aromatic nitrogens is 4. The molecule has 1 amide bonds. The Balaban J connectivity index is 1.85. The van der Waals surface area contributed by atoms with Gasteiger partial charge in [0.25, 0.3) is 5.91 Å². The van der Waals surface area contributed by atoms with Crippen LogP contribution in [0.15, 0.2) is 24.7 Å². The minimum atomic E-state index is -0.190. The third-order valence-electron chi connectivity index (χ3n) is 2.68. The van der Waals surface area contributed by atoms with E-state index in [9.17, 15) is 4.79 Å². The normalized spacial score (nSPS) is 10.2. The summed E-state index contributed by atoms with van der Waals surface area (Å²) in [5.74, 6) is 0.557. The second-order valence-electron chi connectivity index (χ2n) is 4.29. The van der Waals surface area contributed by atoms with Crippen molar-refractivity contribution < 1.29 is 4.79 Å². The van der Waals surface area contributed by atoms with Gasteiger partial charge in [-0.05, 0) is 18.6 Å². The first-order valence-electron chi connectivity index (χ1n) is 6.62. The monoisotopic (exact) mass is 274 g/mol. The number of amides is 1. The molecule has 7 nitrogen and oxygen atoms in total. The minimum Gasteiger partial charge on any atom is -0.385 e. The van der Waals surface area contributed by atoms with E-state index < -0.39 is 0 Å². The lowest BCUT2D eigenvalue weighted by molar-refractivity contribution is 0.0949. The summed E-state index contributed by atoms with van der Waals surface area (Å²) in [5, 5.41) is 12.5. The van der Waals surface area contributed by atoms with E-state index in [-0.39, 0.29) is 5.91 Å². The molecule has 0 aromatic carbocycles. The summed E-state index contributed by atoms with van der Waals surface area (Å²) in [6.45, 7) is 3.45. The molecule has 0 aliphatic heterocycles. The zero-order valence-electron chi connectivity index (χ0n) is 11.4. The first kappa shape index (κ1) is 14.0. The molecule has 106 valence electrons. The zero-order valence-corrected chi connectivity index (χ0v) is 11.4. The largest absolute Gasteiger partial charge is 0.385 e.